The summed E-state index contributed by atoms with van der Waals surface area (Å²) >= 11 is 0. The molecule has 1 aromatic rings. The average molecular weight is 222 g/mol. The van der Waals surface area contributed by atoms with Gasteiger partial charge in [0.25, 0.3) is 0 Å². The number of benzene rings is 1. The van der Waals surface area contributed by atoms with E-state index < -0.39 is 35.5 Å². The van der Waals surface area contributed by atoms with Crippen LogP contribution in [-0.2, 0) is 0 Å². The van der Waals surface area contributed by atoms with Gasteiger partial charge in [0.05, 0.1) is 0 Å². The van der Waals surface area contributed by atoms with Gasteiger partial charge in [-0.2, -0.15) is 13.2 Å². The second kappa shape index (κ2) is 4.07. The van der Waals surface area contributed by atoms with Gasteiger partial charge in [0.15, 0.2) is 11.5 Å². The van der Waals surface area contributed by atoms with Crippen LogP contribution >= 0.6 is 0 Å². The minimum atomic E-state index is -3.26. The molecule has 0 aliphatic carbocycles. The van der Waals surface area contributed by atoms with Gasteiger partial charge in [0.1, 0.15) is 5.56 Å². The summed E-state index contributed by atoms with van der Waals surface area (Å²) in [5.74, 6) is -5.25. The normalized spacial score (nSPS) is 10.4. The molecule has 1 aromatic carbocycles. The van der Waals surface area contributed by atoms with Crippen molar-refractivity contribution in [1.29, 1.82) is 0 Å². The summed E-state index contributed by atoms with van der Waals surface area (Å²) in [5.41, 5.74) is -0.728. The van der Waals surface area contributed by atoms with Crippen LogP contribution in [0.1, 0.15) is 10.4 Å². The Hall–Kier alpha value is -1.92. The number of aromatic carboxylic acids is 1. The Bertz CT molecular complexity index is 392. The summed E-state index contributed by atoms with van der Waals surface area (Å²) in [6.45, 7) is -3.26. The molecule has 0 amide bonds. The molecule has 0 heterocycles. The van der Waals surface area contributed by atoms with E-state index in [4.69, 9.17) is 10.2 Å². The SMILES string of the molecule is O=C(O)c1ccc(OC(F)F)c(F)c1O. The first kappa shape index (κ1) is 11.2. The van der Waals surface area contributed by atoms with Gasteiger partial charge >= 0.3 is 12.6 Å². The molecular weight excluding hydrogens is 217 g/mol. The summed E-state index contributed by atoms with van der Waals surface area (Å²) in [6.07, 6.45) is 0. The molecule has 0 unspecified atom stereocenters. The van der Waals surface area contributed by atoms with Gasteiger partial charge in [-0.05, 0) is 12.1 Å². The van der Waals surface area contributed by atoms with Gasteiger partial charge in [-0.1, -0.05) is 0 Å². The minimum absolute atomic E-state index is 0.699. The van der Waals surface area contributed by atoms with Crippen molar-refractivity contribution in [2.45, 2.75) is 6.61 Å². The first-order valence-electron chi connectivity index (χ1n) is 3.63. The number of carboxylic acid groups (broad SMARTS) is 1. The molecule has 7 heteroatoms. The molecule has 82 valence electrons. The lowest BCUT2D eigenvalue weighted by Crippen LogP contribution is -2.05. The van der Waals surface area contributed by atoms with Crippen molar-refractivity contribution >= 4 is 5.97 Å². The van der Waals surface area contributed by atoms with Crippen LogP contribution in [0, 0.1) is 5.82 Å². The van der Waals surface area contributed by atoms with E-state index >= 15 is 0 Å². The van der Waals surface area contributed by atoms with Crippen LogP contribution in [0.3, 0.4) is 0 Å². The number of hydrogen-bond donors (Lipinski definition) is 2. The number of aromatic hydroxyl groups is 1. The van der Waals surface area contributed by atoms with E-state index in [2.05, 4.69) is 4.74 Å². The van der Waals surface area contributed by atoms with Crippen LogP contribution < -0.4 is 4.74 Å². The lowest BCUT2D eigenvalue weighted by atomic mass is 10.2. The molecule has 4 nitrogen and oxygen atoms in total. The monoisotopic (exact) mass is 222 g/mol. The molecule has 0 fully saturated rings. The summed E-state index contributed by atoms with van der Waals surface area (Å²) < 4.78 is 40.1. The fourth-order valence-corrected chi connectivity index (χ4v) is 0.906. The zero-order valence-corrected chi connectivity index (χ0v) is 7.08. The van der Waals surface area contributed by atoms with E-state index in [0.29, 0.717) is 6.07 Å². The molecular formula is C8H5F3O4. The Morgan fingerprint density at radius 3 is 2.47 bits per heavy atom. The fraction of sp³-hybridized carbons (Fsp3) is 0.125. The highest BCUT2D eigenvalue weighted by molar-refractivity contribution is 5.91. The number of phenols is 1. The molecule has 1 rings (SSSR count). The van der Waals surface area contributed by atoms with Crippen molar-refractivity contribution < 1.29 is 32.9 Å². The van der Waals surface area contributed by atoms with Gasteiger partial charge in [-0.25, -0.2) is 4.79 Å². The zero-order valence-electron chi connectivity index (χ0n) is 7.08. The lowest BCUT2D eigenvalue weighted by Gasteiger charge is -2.07. The Morgan fingerprint density at radius 1 is 1.40 bits per heavy atom. The Labute approximate surface area is 81.5 Å². The van der Waals surface area contributed by atoms with Crippen molar-refractivity contribution in [3.63, 3.8) is 0 Å². The third-order valence-electron chi connectivity index (χ3n) is 1.53. The van der Waals surface area contributed by atoms with Crippen LogP contribution in [0.4, 0.5) is 13.2 Å². The summed E-state index contributed by atoms with van der Waals surface area (Å²) in [5, 5.41) is 17.4. The fourth-order valence-electron chi connectivity index (χ4n) is 0.906. The maximum atomic E-state index is 13.0. The predicted molar refractivity (Wildman–Crippen MR) is 41.7 cm³/mol. The van der Waals surface area contributed by atoms with Crippen molar-refractivity contribution in [2.24, 2.45) is 0 Å². The first-order valence-corrected chi connectivity index (χ1v) is 3.63. The number of rotatable bonds is 3. The lowest BCUT2D eigenvalue weighted by molar-refractivity contribution is -0.0523. The van der Waals surface area contributed by atoms with E-state index in [1.807, 2.05) is 0 Å². The number of alkyl halides is 2. The molecule has 0 bridgehead atoms. The summed E-state index contributed by atoms with van der Waals surface area (Å²) in [4.78, 5) is 10.4. The van der Waals surface area contributed by atoms with Crippen LogP contribution in [0.25, 0.3) is 0 Å². The van der Waals surface area contributed by atoms with Crippen LogP contribution in [0.15, 0.2) is 12.1 Å². The maximum Gasteiger partial charge on any atom is 0.387 e. The van der Waals surface area contributed by atoms with Gasteiger partial charge < -0.3 is 14.9 Å². The topological polar surface area (TPSA) is 66.8 Å². The van der Waals surface area contributed by atoms with E-state index in [1.54, 1.807) is 0 Å². The Kier molecular flexibility index (Phi) is 3.03. The van der Waals surface area contributed by atoms with Crippen LogP contribution in [-0.4, -0.2) is 22.8 Å². The smallest absolute Gasteiger partial charge is 0.387 e. The number of carboxylic acids is 1. The highest BCUT2D eigenvalue weighted by atomic mass is 19.3. The first-order chi connectivity index (χ1) is 6.93. The second-order valence-corrected chi connectivity index (χ2v) is 2.46. The minimum Gasteiger partial charge on any atom is -0.504 e. The van der Waals surface area contributed by atoms with Crippen LogP contribution in [0.5, 0.6) is 11.5 Å². The van der Waals surface area contributed by atoms with E-state index in [9.17, 15) is 18.0 Å². The summed E-state index contributed by atoms with van der Waals surface area (Å²) in [7, 11) is 0. The molecule has 0 spiro atoms. The molecule has 15 heavy (non-hydrogen) atoms. The Morgan fingerprint density at radius 2 is 2.00 bits per heavy atom. The predicted octanol–water partition coefficient (Wildman–Crippen LogP) is 1.83. The maximum absolute atomic E-state index is 13.0. The Balaban J connectivity index is 3.15. The summed E-state index contributed by atoms with van der Waals surface area (Å²) in [6, 6.07) is 1.46. The molecule has 0 radical (unpaired) electrons. The number of ether oxygens (including phenoxy) is 1. The number of halogens is 3. The van der Waals surface area contributed by atoms with Crippen LogP contribution in [0.2, 0.25) is 0 Å². The van der Waals surface area contributed by atoms with E-state index in [0.717, 1.165) is 6.07 Å². The number of hydrogen-bond acceptors (Lipinski definition) is 3. The van der Waals surface area contributed by atoms with Gasteiger partial charge in [-0.15, -0.1) is 0 Å². The molecule has 2 N–H and O–H groups in total. The highest BCUT2D eigenvalue weighted by Gasteiger charge is 2.19. The van der Waals surface area contributed by atoms with Crippen molar-refractivity contribution in [3.05, 3.63) is 23.5 Å². The molecule has 0 saturated carbocycles. The third-order valence-corrected chi connectivity index (χ3v) is 1.53. The van der Waals surface area contributed by atoms with Gasteiger partial charge in [-0.3, -0.25) is 0 Å². The largest absolute Gasteiger partial charge is 0.504 e. The van der Waals surface area contributed by atoms with Gasteiger partial charge in [0, 0.05) is 0 Å². The standard InChI is InChI=1S/C8H5F3O4/c9-5-4(15-8(10)11)2-1-3(6(5)12)7(13)14/h1-2,8,12H,(H,13,14). The van der Waals surface area contributed by atoms with Gasteiger partial charge in [0.2, 0.25) is 5.82 Å². The van der Waals surface area contributed by atoms with Crippen molar-refractivity contribution in [1.82, 2.24) is 0 Å². The molecule has 0 saturated heterocycles. The molecule has 0 aromatic heterocycles. The quantitative estimate of drug-likeness (QED) is 0.818. The second-order valence-electron chi connectivity index (χ2n) is 2.46. The third kappa shape index (κ3) is 2.30. The van der Waals surface area contributed by atoms with Crippen molar-refractivity contribution in [2.75, 3.05) is 0 Å². The molecule has 0 aliphatic heterocycles. The van der Waals surface area contributed by atoms with E-state index in [-0.39, 0.29) is 0 Å². The number of carbonyl (C=O) groups is 1. The molecule has 0 atom stereocenters. The highest BCUT2D eigenvalue weighted by Crippen LogP contribution is 2.30. The zero-order chi connectivity index (χ0) is 11.6. The van der Waals surface area contributed by atoms with Crippen molar-refractivity contribution in [3.8, 4) is 11.5 Å². The average Bonchev–Trinajstić information content (AvgIpc) is 2.12. The van der Waals surface area contributed by atoms with E-state index in [1.165, 1.54) is 0 Å². The molecule has 0 aliphatic rings.